The number of piperazine rings is 1. The lowest BCUT2D eigenvalue weighted by molar-refractivity contribution is -0.134. The van der Waals surface area contributed by atoms with Crippen LogP contribution >= 0.6 is 0 Å². The fourth-order valence-electron chi connectivity index (χ4n) is 5.01. The Morgan fingerprint density at radius 2 is 1.62 bits per heavy atom. The predicted octanol–water partition coefficient (Wildman–Crippen LogP) is 3.12. The summed E-state index contributed by atoms with van der Waals surface area (Å²) in [5.74, 6) is 1.45. The van der Waals surface area contributed by atoms with Gasteiger partial charge in [0.1, 0.15) is 0 Å². The maximum atomic E-state index is 12.8. The van der Waals surface area contributed by atoms with Crippen LogP contribution in [0.2, 0.25) is 0 Å². The molecule has 3 aromatic rings. The first-order valence-corrected chi connectivity index (χ1v) is 11.7. The summed E-state index contributed by atoms with van der Waals surface area (Å²) < 4.78 is 1.69. The Hall–Kier alpha value is -2.99. The minimum Gasteiger partial charge on any atom is -0.340 e. The molecule has 166 valence electrons. The van der Waals surface area contributed by atoms with Gasteiger partial charge in [0.2, 0.25) is 5.91 Å². The molecule has 0 atom stereocenters. The number of rotatable bonds is 6. The van der Waals surface area contributed by atoms with Crippen molar-refractivity contribution in [3.05, 3.63) is 76.8 Å². The van der Waals surface area contributed by atoms with Crippen LogP contribution in [0.1, 0.15) is 30.7 Å². The number of nitrogens with zero attached hydrogens (tertiary/aromatic N) is 4. The molecule has 2 fully saturated rings. The first-order chi connectivity index (χ1) is 15.7. The van der Waals surface area contributed by atoms with Crippen LogP contribution in [0.3, 0.4) is 0 Å². The van der Waals surface area contributed by atoms with Crippen molar-refractivity contribution in [2.45, 2.75) is 31.7 Å². The molecule has 1 saturated carbocycles. The number of hydrogen-bond donors (Lipinski definition) is 0. The van der Waals surface area contributed by atoms with Gasteiger partial charge in [0, 0.05) is 45.7 Å². The van der Waals surface area contributed by atoms with Crippen LogP contribution in [0.4, 0.5) is 0 Å². The second-order valence-electron chi connectivity index (χ2n) is 9.13. The molecular weight excluding hydrogens is 400 g/mol. The average molecular weight is 431 g/mol. The summed E-state index contributed by atoms with van der Waals surface area (Å²) in [5.41, 5.74) is 2.16. The van der Waals surface area contributed by atoms with Crippen LogP contribution in [0, 0.1) is 5.92 Å². The largest absolute Gasteiger partial charge is 0.340 e. The molecule has 32 heavy (non-hydrogen) atoms. The van der Waals surface area contributed by atoms with E-state index in [2.05, 4.69) is 40.2 Å². The summed E-state index contributed by atoms with van der Waals surface area (Å²) >= 11 is 0. The Labute approximate surface area is 188 Å². The Balaban J connectivity index is 1.06. The van der Waals surface area contributed by atoms with Crippen molar-refractivity contribution < 1.29 is 4.79 Å². The van der Waals surface area contributed by atoms with E-state index in [-0.39, 0.29) is 5.56 Å². The SMILES string of the molecule is O=C(CC1CC(c2ccccc2)C1)N1CCN(CCn2cnc3ccccc3c2=O)CC1. The van der Waals surface area contributed by atoms with E-state index in [1.54, 1.807) is 10.9 Å². The van der Waals surface area contributed by atoms with E-state index in [0.29, 0.717) is 36.1 Å². The number of aromatic nitrogens is 2. The van der Waals surface area contributed by atoms with Gasteiger partial charge in [-0.2, -0.15) is 0 Å². The van der Waals surface area contributed by atoms with Gasteiger partial charge >= 0.3 is 0 Å². The molecule has 0 spiro atoms. The minimum atomic E-state index is 0.0127. The zero-order valence-corrected chi connectivity index (χ0v) is 18.4. The number of hydrogen-bond acceptors (Lipinski definition) is 4. The van der Waals surface area contributed by atoms with Gasteiger partial charge < -0.3 is 4.90 Å². The van der Waals surface area contributed by atoms with Gasteiger partial charge in [0.25, 0.3) is 5.56 Å². The molecule has 1 amide bonds. The number of benzene rings is 2. The van der Waals surface area contributed by atoms with Crippen molar-refractivity contribution in [3.63, 3.8) is 0 Å². The van der Waals surface area contributed by atoms with Crippen LogP contribution in [-0.2, 0) is 11.3 Å². The van der Waals surface area contributed by atoms with Crippen LogP contribution in [0.15, 0.2) is 65.7 Å². The monoisotopic (exact) mass is 430 g/mol. The van der Waals surface area contributed by atoms with Crippen molar-refractivity contribution >= 4 is 16.8 Å². The van der Waals surface area contributed by atoms with Gasteiger partial charge in [-0.15, -0.1) is 0 Å². The number of carbonyl (C=O) groups excluding carboxylic acids is 1. The highest BCUT2D eigenvalue weighted by Crippen LogP contribution is 2.43. The molecule has 0 bridgehead atoms. The lowest BCUT2D eigenvalue weighted by Crippen LogP contribution is -2.50. The molecule has 0 N–H and O–H groups in total. The highest BCUT2D eigenvalue weighted by Gasteiger charge is 2.33. The third-order valence-corrected chi connectivity index (χ3v) is 7.08. The average Bonchev–Trinajstić information content (AvgIpc) is 2.81. The zero-order valence-electron chi connectivity index (χ0n) is 18.4. The Bertz CT molecular complexity index is 1130. The molecule has 1 aromatic heterocycles. The molecule has 1 saturated heterocycles. The Kier molecular flexibility index (Phi) is 6.04. The third kappa shape index (κ3) is 4.46. The first kappa shape index (κ1) is 20.9. The van der Waals surface area contributed by atoms with Gasteiger partial charge in [0.15, 0.2) is 0 Å². The fraction of sp³-hybridized carbons (Fsp3) is 0.423. The number of para-hydroxylation sites is 1. The van der Waals surface area contributed by atoms with E-state index in [1.807, 2.05) is 29.2 Å². The van der Waals surface area contributed by atoms with E-state index >= 15 is 0 Å². The minimum absolute atomic E-state index is 0.0127. The molecule has 6 nitrogen and oxygen atoms in total. The zero-order chi connectivity index (χ0) is 21.9. The van der Waals surface area contributed by atoms with Crippen molar-refractivity contribution in [1.82, 2.24) is 19.4 Å². The van der Waals surface area contributed by atoms with Crippen LogP contribution in [0.25, 0.3) is 10.9 Å². The van der Waals surface area contributed by atoms with Crippen molar-refractivity contribution in [2.24, 2.45) is 5.92 Å². The molecule has 0 radical (unpaired) electrons. The Morgan fingerprint density at radius 3 is 2.41 bits per heavy atom. The lowest BCUT2D eigenvalue weighted by Gasteiger charge is -2.39. The summed E-state index contributed by atoms with van der Waals surface area (Å²) in [4.78, 5) is 34.2. The molecule has 6 heteroatoms. The van der Waals surface area contributed by atoms with Gasteiger partial charge in [-0.05, 0) is 42.4 Å². The maximum Gasteiger partial charge on any atom is 0.261 e. The second-order valence-corrected chi connectivity index (χ2v) is 9.13. The quantitative estimate of drug-likeness (QED) is 0.603. The summed E-state index contributed by atoms with van der Waals surface area (Å²) in [6.07, 6.45) is 4.59. The highest BCUT2D eigenvalue weighted by atomic mass is 16.2. The van der Waals surface area contributed by atoms with E-state index in [1.165, 1.54) is 5.56 Å². The summed E-state index contributed by atoms with van der Waals surface area (Å²) in [7, 11) is 0. The van der Waals surface area contributed by atoms with E-state index in [0.717, 1.165) is 51.1 Å². The van der Waals surface area contributed by atoms with Crippen molar-refractivity contribution in [2.75, 3.05) is 32.7 Å². The Morgan fingerprint density at radius 1 is 0.906 bits per heavy atom. The topological polar surface area (TPSA) is 58.4 Å². The molecule has 2 heterocycles. The predicted molar refractivity (Wildman–Crippen MR) is 126 cm³/mol. The molecule has 2 aliphatic rings. The smallest absolute Gasteiger partial charge is 0.261 e. The normalized spacial score (nSPS) is 21.4. The maximum absolute atomic E-state index is 12.8. The third-order valence-electron chi connectivity index (χ3n) is 7.08. The van der Waals surface area contributed by atoms with E-state index < -0.39 is 0 Å². The van der Waals surface area contributed by atoms with Crippen molar-refractivity contribution in [1.29, 1.82) is 0 Å². The molecule has 1 aliphatic heterocycles. The molecular formula is C26H30N4O2. The molecule has 5 rings (SSSR count). The van der Waals surface area contributed by atoms with Gasteiger partial charge in [-0.1, -0.05) is 42.5 Å². The van der Waals surface area contributed by atoms with Crippen molar-refractivity contribution in [3.8, 4) is 0 Å². The van der Waals surface area contributed by atoms with Gasteiger partial charge in [-0.3, -0.25) is 19.1 Å². The van der Waals surface area contributed by atoms with Crippen LogP contribution in [0.5, 0.6) is 0 Å². The van der Waals surface area contributed by atoms with E-state index in [4.69, 9.17) is 0 Å². The van der Waals surface area contributed by atoms with Crippen LogP contribution < -0.4 is 5.56 Å². The molecule has 2 aromatic carbocycles. The van der Waals surface area contributed by atoms with E-state index in [9.17, 15) is 9.59 Å². The van der Waals surface area contributed by atoms with Gasteiger partial charge in [-0.25, -0.2) is 4.98 Å². The second kappa shape index (κ2) is 9.25. The van der Waals surface area contributed by atoms with Crippen LogP contribution in [-0.4, -0.2) is 58.0 Å². The lowest BCUT2D eigenvalue weighted by atomic mass is 9.70. The standard InChI is InChI=1S/C26H30N4O2/c31-25(18-20-16-22(17-20)21-6-2-1-3-7-21)29-13-10-28(11-14-29)12-15-30-19-27-24-9-5-4-8-23(24)26(30)32/h1-9,19-20,22H,10-18H2. The summed E-state index contributed by atoms with van der Waals surface area (Å²) in [6.45, 7) is 4.69. The summed E-state index contributed by atoms with van der Waals surface area (Å²) in [6, 6.07) is 18.1. The number of carbonyl (C=O) groups is 1. The molecule has 1 aliphatic carbocycles. The fourth-order valence-corrected chi connectivity index (χ4v) is 5.01. The van der Waals surface area contributed by atoms with Gasteiger partial charge in [0.05, 0.1) is 17.2 Å². The molecule has 0 unspecified atom stereocenters. The highest BCUT2D eigenvalue weighted by molar-refractivity contribution is 5.77. The first-order valence-electron chi connectivity index (χ1n) is 11.7. The summed E-state index contributed by atoms with van der Waals surface area (Å²) in [5, 5.41) is 0.663. The number of amides is 1. The number of fused-ring (bicyclic) bond motifs is 1.